The van der Waals surface area contributed by atoms with E-state index < -0.39 is 31.7 Å². The second-order valence-electron chi connectivity index (χ2n) is 5.16. The van der Waals surface area contributed by atoms with E-state index in [0.29, 0.717) is 0 Å². The Morgan fingerprint density at radius 3 is 2.86 bits per heavy atom. The summed E-state index contributed by atoms with van der Waals surface area (Å²) in [6.07, 6.45) is 7.42. The first-order chi connectivity index (χ1) is 9.83. The van der Waals surface area contributed by atoms with Crippen molar-refractivity contribution in [2.45, 2.75) is 31.8 Å². The number of aromatic amines is 1. The molecular weight excluding hydrogens is 387 g/mol. The zero-order valence-corrected chi connectivity index (χ0v) is 13.9. The minimum atomic E-state index is -2.58. The summed E-state index contributed by atoms with van der Waals surface area (Å²) in [5.41, 5.74) is 0.811. The predicted octanol–water partition coefficient (Wildman–Crippen LogP) is 1.26. The number of rotatable bonds is 6. The number of aliphatic hydroxyl groups is 1. The van der Waals surface area contributed by atoms with Gasteiger partial charge < -0.3 is 0 Å². The number of carboxylic acid groups (broad SMARTS) is 1. The van der Waals surface area contributed by atoms with E-state index in [1.165, 1.54) is 6.92 Å². The molecule has 0 aromatic carbocycles. The first kappa shape index (κ1) is 16.2. The monoisotopic (exact) mass is 406 g/mol. The summed E-state index contributed by atoms with van der Waals surface area (Å²) in [6.45, 7) is 1.36. The molecule has 0 saturated heterocycles. The molecule has 1 atom stereocenters. The van der Waals surface area contributed by atoms with Crippen LogP contribution >= 0.6 is 20.1 Å². The summed E-state index contributed by atoms with van der Waals surface area (Å²) in [6, 6.07) is 0. The molecular formula is C14H19IN2O4. The summed E-state index contributed by atoms with van der Waals surface area (Å²) in [5.74, 6) is -1.32. The van der Waals surface area contributed by atoms with Gasteiger partial charge in [-0.15, -0.1) is 0 Å². The zero-order chi connectivity index (χ0) is 15.6. The van der Waals surface area contributed by atoms with Crippen molar-refractivity contribution in [2.24, 2.45) is 3.95 Å². The first-order valence-electron chi connectivity index (χ1n) is 6.55. The number of hydrogen-bond donors (Lipinski definition) is 4. The number of aromatic nitrogens is 1. The molecule has 0 radical (unpaired) electrons. The molecule has 1 heterocycles. The van der Waals surface area contributed by atoms with Gasteiger partial charge in [0.25, 0.3) is 0 Å². The number of alkyl halides is 1. The maximum absolute atomic E-state index is 11.5. The third kappa shape index (κ3) is 3.53. The molecule has 116 valence electrons. The summed E-state index contributed by atoms with van der Waals surface area (Å²) in [5, 5.41) is 19.8. The molecule has 0 saturated carbocycles. The van der Waals surface area contributed by atoms with Crippen LogP contribution in [0.4, 0.5) is 0 Å². The molecule has 7 heteroatoms. The van der Waals surface area contributed by atoms with E-state index in [9.17, 15) is 19.8 Å². The molecule has 1 aromatic rings. The third-order valence-corrected chi connectivity index (χ3v) is 7.58. The van der Waals surface area contributed by atoms with Gasteiger partial charge in [-0.3, -0.25) is 0 Å². The Morgan fingerprint density at radius 1 is 1.52 bits per heavy atom. The fourth-order valence-electron chi connectivity index (χ4n) is 2.37. The average Bonchev–Trinajstić information content (AvgIpc) is 2.81. The van der Waals surface area contributed by atoms with Gasteiger partial charge in [-0.1, -0.05) is 0 Å². The van der Waals surface area contributed by atoms with E-state index in [4.69, 9.17) is 3.95 Å². The Kier molecular flexibility index (Phi) is 4.84. The van der Waals surface area contributed by atoms with E-state index in [0.717, 1.165) is 29.7 Å². The van der Waals surface area contributed by atoms with Crippen molar-refractivity contribution >= 4 is 35.9 Å². The topological polar surface area (TPSA) is 116 Å². The van der Waals surface area contributed by atoms with E-state index in [-0.39, 0.29) is 14.6 Å². The van der Waals surface area contributed by atoms with Crippen LogP contribution in [0, 0.1) is 0 Å². The average molecular weight is 406 g/mol. The molecule has 1 aromatic heterocycles. The SMILES string of the molecule is CC(=O)I(N)C[C@@](O)(Cc1c[nH]c2c1CCC=C2)C(=O)O. The molecule has 0 bridgehead atoms. The molecule has 6 nitrogen and oxygen atoms in total. The van der Waals surface area contributed by atoms with E-state index >= 15 is 0 Å². The van der Waals surface area contributed by atoms with Gasteiger partial charge in [-0.2, -0.15) is 0 Å². The number of nitrogens with two attached hydrogens (primary N) is 1. The zero-order valence-electron chi connectivity index (χ0n) is 11.7. The van der Waals surface area contributed by atoms with E-state index in [1.54, 1.807) is 6.20 Å². The van der Waals surface area contributed by atoms with Gasteiger partial charge in [0.1, 0.15) is 0 Å². The number of hydrogen-bond acceptors (Lipinski definition) is 4. The number of fused-ring (bicyclic) bond motifs is 1. The Morgan fingerprint density at radius 2 is 2.24 bits per heavy atom. The maximum atomic E-state index is 11.5. The first-order valence-corrected chi connectivity index (χ1v) is 10.4. The fraction of sp³-hybridized carbons (Fsp3) is 0.429. The van der Waals surface area contributed by atoms with Crippen molar-refractivity contribution in [3.05, 3.63) is 29.1 Å². The van der Waals surface area contributed by atoms with Crippen LogP contribution in [0.5, 0.6) is 0 Å². The van der Waals surface area contributed by atoms with Crippen LogP contribution in [-0.4, -0.2) is 35.0 Å². The molecule has 0 fully saturated rings. The van der Waals surface area contributed by atoms with Gasteiger partial charge in [-0.25, -0.2) is 0 Å². The normalized spacial score (nSPS) is 17.0. The summed E-state index contributed by atoms with van der Waals surface area (Å²) < 4.78 is 5.45. The standard InChI is InChI=1S/C14H19IN2O4/c1-9(18)15(16)8-14(21,13(19)20)6-10-7-17-12-5-3-2-4-11(10)12/h3,5,7,17,21H,2,4,6,8,16H2,1H3,(H,19,20)/t14-/m0/s1. The summed E-state index contributed by atoms with van der Waals surface area (Å²) in [7, 11) is 0. The van der Waals surface area contributed by atoms with Gasteiger partial charge in [0.2, 0.25) is 0 Å². The Bertz CT molecular complexity index is 596. The molecule has 1 aliphatic rings. The predicted molar refractivity (Wildman–Crippen MR) is 88.2 cm³/mol. The Labute approximate surface area is 130 Å². The molecule has 0 amide bonds. The molecule has 5 N–H and O–H groups in total. The van der Waals surface area contributed by atoms with E-state index in [2.05, 4.69) is 4.98 Å². The van der Waals surface area contributed by atoms with Crippen LogP contribution in [0.2, 0.25) is 0 Å². The number of carboxylic acids is 1. The second-order valence-corrected chi connectivity index (χ2v) is 9.71. The van der Waals surface area contributed by atoms with Gasteiger partial charge >= 0.3 is 130 Å². The van der Waals surface area contributed by atoms with Crippen molar-refractivity contribution in [3.63, 3.8) is 0 Å². The van der Waals surface area contributed by atoms with Gasteiger partial charge in [0.05, 0.1) is 0 Å². The van der Waals surface area contributed by atoms with Crippen LogP contribution < -0.4 is 3.95 Å². The number of carbonyl (C=O) groups excluding carboxylic acids is 1. The quantitative estimate of drug-likeness (QED) is 0.246. The van der Waals surface area contributed by atoms with Crippen LogP contribution in [0.25, 0.3) is 6.08 Å². The van der Waals surface area contributed by atoms with Crippen LogP contribution in [0.1, 0.15) is 30.2 Å². The van der Waals surface area contributed by atoms with E-state index in [1.807, 2.05) is 12.2 Å². The Hall–Kier alpha value is -1.19. The van der Waals surface area contributed by atoms with Crippen LogP contribution in [0.15, 0.2) is 12.3 Å². The van der Waals surface area contributed by atoms with Crippen molar-refractivity contribution < 1.29 is 19.8 Å². The molecule has 0 aliphatic heterocycles. The van der Waals surface area contributed by atoms with Crippen LogP contribution in [-0.2, 0) is 22.4 Å². The molecule has 1 aliphatic carbocycles. The van der Waals surface area contributed by atoms with Gasteiger partial charge in [0.15, 0.2) is 0 Å². The number of H-pyrrole nitrogens is 1. The van der Waals surface area contributed by atoms with Crippen molar-refractivity contribution in [1.29, 1.82) is 0 Å². The molecule has 21 heavy (non-hydrogen) atoms. The van der Waals surface area contributed by atoms with Crippen molar-refractivity contribution in [2.75, 3.05) is 4.43 Å². The number of carbonyl (C=O) groups is 2. The number of halogens is 1. The summed E-state index contributed by atoms with van der Waals surface area (Å²) in [4.78, 5) is 25.8. The summed E-state index contributed by atoms with van der Waals surface area (Å²) >= 11 is -2.58. The molecule has 0 unspecified atom stereocenters. The van der Waals surface area contributed by atoms with Crippen molar-refractivity contribution in [1.82, 2.24) is 4.98 Å². The number of aliphatic carboxylic acids is 1. The van der Waals surface area contributed by atoms with Crippen molar-refractivity contribution in [3.8, 4) is 0 Å². The Balaban J connectivity index is 2.24. The van der Waals surface area contributed by atoms with Gasteiger partial charge in [0, 0.05) is 0 Å². The van der Waals surface area contributed by atoms with Gasteiger partial charge in [-0.05, 0) is 0 Å². The molecule has 0 spiro atoms. The molecule has 2 rings (SSSR count). The fourth-order valence-corrected chi connectivity index (χ4v) is 4.86. The minimum absolute atomic E-state index is 0.0273. The van der Waals surface area contributed by atoms with Crippen LogP contribution in [0.3, 0.4) is 0 Å². The number of nitrogens with one attached hydrogen (secondary N) is 1. The second kappa shape index (κ2) is 6.29. The number of allylic oxidation sites excluding steroid dienone is 1. The third-order valence-electron chi connectivity index (χ3n) is 3.55.